The average molecular weight is 326 g/mol. The third kappa shape index (κ3) is 4.32. The van der Waals surface area contributed by atoms with E-state index >= 15 is 0 Å². The quantitative estimate of drug-likeness (QED) is 0.738. The second-order valence-electron chi connectivity index (χ2n) is 4.73. The van der Waals surface area contributed by atoms with Gasteiger partial charge in [0.1, 0.15) is 12.2 Å². The fourth-order valence-electron chi connectivity index (χ4n) is 1.85. The number of aliphatic carboxylic acids is 1. The first-order valence-electron chi connectivity index (χ1n) is 6.68. The Bertz CT molecular complexity index is 660. The van der Waals surface area contributed by atoms with Crippen LogP contribution in [0.1, 0.15) is 22.6 Å². The molecule has 1 amide bonds. The van der Waals surface area contributed by atoms with Gasteiger partial charge in [0.15, 0.2) is 0 Å². The van der Waals surface area contributed by atoms with E-state index in [4.69, 9.17) is 16.7 Å². The van der Waals surface area contributed by atoms with Crippen LogP contribution in [0.2, 0.25) is 5.02 Å². The fraction of sp³-hybridized carbons (Fsp3) is 0.385. The van der Waals surface area contributed by atoms with Crippen molar-refractivity contribution in [1.29, 1.82) is 0 Å². The summed E-state index contributed by atoms with van der Waals surface area (Å²) in [5.74, 6) is -1.35. The minimum atomic E-state index is -1.01. The summed E-state index contributed by atoms with van der Waals surface area (Å²) in [4.78, 5) is 22.4. The Morgan fingerprint density at radius 2 is 2.14 bits per heavy atom. The van der Waals surface area contributed by atoms with Crippen LogP contribution in [-0.4, -0.2) is 43.1 Å². The number of aryl methyl sites for hydroxylation is 2. The first-order valence-corrected chi connectivity index (χ1v) is 7.06. The molecule has 0 bridgehead atoms. The largest absolute Gasteiger partial charge is 0.480 e. The Labute approximate surface area is 131 Å². The molecule has 8 nitrogen and oxygen atoms in total. The van der Waals surface area contributed by atoms with Crippen LogP contribution in [0.3, 0.4) is 0 Å². The number of nitrogens with one attached hydrogen (secondary N) is 1. The van der Waals surface area contributed by atoms with Crippen LogP contribution in [0.5, 0.6) is 0 Å². The first-order chi connectivity index (χ1) is 10.5. The monoisotopic (exact) mass is 325 g/mol. The van der Waals surface area contributed by atoms with Crippen LogP contribution in [-0.2, 0) is 17.9 Å². The summed E-state index contributed by atoms with van der Waals surface area (Å²) in [6, 6.07) is 1.48. The number of carbonyl (C=O) groups excluding carboxylic acids is 1. The molecule has 0 aliphatic carbocycles. The first kappa shape index (κ1) is 16.0. The number of aromatic nitrogens is 4. The van der Waals surface area contributed by atoms with Gasteiger partial charge in [-0.2, -0.15) is 10.2 Å². The maximum absolute atomic E-state index is 11.8. The highest BCUT2D eigenvalue weighted by atomic mass is 35.5. The lowest BCUT2D eigenvalue weighted by atomic mass is 10.3. The van der Waals surface area contributed by atoms with Gasteiger partial charge in [0, 0.05) is 25.5 Å². The number of hydrogen-bond donors (Lipinski definition) is 2. The van der Waals surface area contributed by atoms with Crippen LogP contribution in [0.25, 0.3) is 0 Å². The lowest BCUT2D eigenvalue weighted by Crippen LogP contribution is -2.26. The van der Waals surface area contributed by atoms with Crippen molar-refractivity contribution in [3.8, 4) is 0 Å². The second kappa shape index (κ2) is 7.08. The van der Waals surface area contributed by atoms with Gasteiger partial charge in [-0.25, -0.2) is 0 Å². The van der Waals surface area contributed by atoms with E-state index in [9.17, 15) is 9.59 Å². The van der Waals surface area contributed by atoms with Crippen molar-refractivity contribution in [1.82, 2.24) is 24.9 Å². The number of carboxylic acid groups (broad SMARTS) is 1. The molecule has 0 radical (unpaired) electrons. The van der Waals surface area contributed by atoms with Gasteiger partial charge >= 0.3 is 5.97 Å². The van der Waals surface area contributed by atoms with Gasteiger partial charge < -0.3 is 10.4 Å². The molecular formula is C13H16ClN5O3. The van der Waals surface area contributed by atoms with Crippen molar-refractivity contribution in [3.05, 3.63) is 34.9 Å². The molecule has 2 aromatic heterocycles. The van der Waals surface area contributed by atoms with Crippen molar-refractivity contribution in [2.24, 2.45) is 0 Å². The lowest BCUT2D eigenvalue weighted by Gasteiger charge is -2.03. The maximum atomic E-state index is 11.8. The molecular weight excluding hydrogens is 310 g/mol. The topological polar surface area (TPSA) is 102 Å². The summed E-state index contributed by atoms with van der Waals surface area (Å²) >= 11 is 5.91. The summed E-state index contributed by atoms with van der Waals surface area (Å²) in [6.45, 7) is 2.66. The minimum absolute atomic E-state index is 0.194. The molecule has 0 atom stereocenters. The summed E-state index contributed by atoms with van der Waals surface area (Å²) in [7, 11) is 0. The predicted molar refractivity (Wildman–Crippen MR) is 78.8 cm³/mol. The minimum Gasteiger partial charge on any atom is -0.480 e. The fourth-order valence-corrected chi connectivity index (χ4v) is 2.00. The number of nitrogens with zero attached hydrogens (tertiary/aromatic N) is 4. The zero-order valence-corrected chi connectivity index (χ0v) is 12.7. The van der Waals surface area contributed by atoms with Crippen LogP contribution >= 0.6 is 11.6 Å². The van der Waals surface area contributed by atoms with E-state index in [1.807, 2.05) is 6.92 Å². The van der Waals surface area contributed by atoms with Crippen molar-refractivity contribution in [2.45, 2.75) is 26.4 Å². The van der Waals surface area contributed by atoms with E-state index in [-0.39, 0.29) is 18.1 Å². The molecule has 0 aromatic carbocycles. The van der Waals surface area contributed by atoms with Crippen LogP contribution in [0.15, 0.2) is 18.5 Å². The molecule has 118 valence electrons. The Balaban J connectivity index is 1.75. The lowest BCUT2D eigenvalue weighted by molar-refractivity contribution is -0.137. The Kier molecular flexibility index (Phi) is 5.16. The highest BCUT2D eigenvalue weighted by molar-refractivity contribution is 6.31. The highest BCUT2D eigenvalue weighted by Crippen LogP contribution is 2.11. The molecule has 0 fully saturated rings. The van der Waals surface area contributed by atoms with Crippen molar-refractivity contribution < 1.29 is 14.7 Å². The van der Waals surface area contributed by atoms with Crippen LogP contribution < -0.4 is 5.32 Å². The molecule has 0 saturated carbocycles. The van der Waals surface area contributed by atoms with Gasteiger partial charge in [0.2, 0.25) is 0 Å². The number of amides is 1. The third-order valence-electron chi connectivity index (χ3n) is 2.91. The summed E-state index contributed by atoms with van der Waals surface area (Å²) < 4.78 is 2.93. The summed E-state index contributed by atoms with van der Waals surface area (Å²) in [5, 5.41) is 20.1. The van der Waals surface area contributed by atoms with Gasteiger partial charge in [-0.15, -0.1) is 0 Å². The molecule has 0 unspecified atom stereocenters. The summed E-state index contributed by atoms with van der Waals surface area (Å²) in [6.07, 6.45) is 3.89. The zero-order valence-electron chi connectivity index (χ0n) is 12.0. The van der Waals surface area contributed by atoms with Gasteiger partial charge in [0.05, 0.1) is 10.7 Å². The Morgan fingerprint density at radius 3 is 2.77 bits per heavy atom. The van der Waals surface area contributed by atoms with Gasteiger partial charge in [0.25, 0.3) is 5.91 Å². The van der Waals surface area contributed by atoms with Crippen LogP contribution in [0, 0.1) is 6.92 Å². The molecule has 2 heterocycles. The van der Waals surface area contributed by atoms with E-state index in [0.29, 0.717) is 24.5 Å². The number of halogens is 1. The van der Waals surface area contributed by atoms with Crippen molar-refractivity contribution >= 4 is 23.5 Å². The van der Waals surface area contributed by atoms with E-state index in [2.05, 4.69) is 15.5 Å². The van der Waals surface area contributed by atoms with Crippen molar-refractivity contribution in [3.63, 3.8) is 0 Å². The third-order valence-corrected chi connectivity index (χ3v) is 3.28. The predicted octanol–water partition coefficient (Wildman–Crippen LogP) is 0.946. The molecule has 0 saturated heterocycles. The number of carboxylic acids is 1. The number of hydrogen-bond acceptors (Lipinski definition) is 4. The maximum Gasteiger partial charge on any atom is 0.325 e. The molecule has 22 heavy (non-hydrogen) atoms. The zero-order chi connectivity index (χ0) is 16.1. The number of carbonyl (C=O) groups is 2. The average Bonchev–Trinajstić information content (AvgIpc) is 3.02. The molecule has 2 aromatic rings. The Hall–Kier alpha value is -2.35. The van der Waals surface area contributed by atoms with Crippen molar-refractivity contribution in [2.75, 3.05) is 6.54 Å². The standard InChI is InChI=1S/C13H16ClN5O3/c1-9-10(14)7-18(16-9)5-2-4-15-13(22)11-3-6-19(17-11)8-12(20)21/h3,6-7H,2,4-5,8H2,1H3,(H,15,22)(H,20,21). The SMILES string of the molecule is Cc1nn(CCCNC(=O)c2ccn(CC(=O)O)n2)cc1Cl. The highest BCUT2D eigenvalue weighted by Gasteiger charge is 2.10. The molecule has 9 heteroatoms. The number of rotatable bonds is 7. The van der Waals surface area contributed by atoms with Gasteiger partial charge in [-0.1, -0.05) is 11.6 Å². The van der Waals surface area contributed by atoms with E-state index in [0.717, 1.165) is 5.69 Å². The van der Waals surface area contributed by atoms with Gasteiger partial charge in [-0.3, -0.25) is 19.0 Å². The van der Waals surface area contributed by atoms with Gasteiger partial charge in [-0.05, 0) is 19.4 Å². The van der Waals surface area contributed by atoms with E-state index < -0.39 is 5.97 Å². The molecule has 0 spiro atoms. The van der Waals surface area contributed by atoms with E-state index in [1.165, 1.54) is 16.9 Å². The smallest absolute Gasteiger partial charge is 0.325 e. The second-order valence-corrected chi connectivity index (χ2v) is 5.13. The molecule has 0 aliphatic rings. The molecule has 2 N–H and O–H groups in total. The Morgan fingerprint density at radius 1 is 1.36 bits per heavy atom. The summed E-state index contributed by atoms with van der Waals surface area (Å²) in [5.41, 5.74) is 0.967. The van der Waals surface area contributed by atoms with E-state index in [1.54, 1.807) is 10.9 Å². The van der Waals surface area contributed by atoms with Crippen LogP contribution in [0.4, 0.5) is 0 Å². The molecule has 0 aliphatic heterocycles. The normalized spacial score (nSPS) is 10.6. The molecule has 2 rings (SSSR count).